The molecular weight excluding hydrogens is 409 g/mol. The maximum absolute atomic E-state index is 14.0. The van der Waals surface area contributed by atoms with Crippen LogP contribution < -0.4 is 14.8 Å². The Morgan fingerprint density at radius 1 is 1.12 bits per heavy atom. The average Bonchev–Trinajstić information content (AvgIpc) is 2.82. The molecule has 1 saturated heterocycles. The standard InChI is InChI=1S/C24H26FN5O2/c1-31-22-13-19-21(14-23(22)32-11-5-10-30-8-3-2-4-9-30)27-16-28-24(19)29-18-7-6-17(15-26)20(25)12-18/h6-7,12-14,16H,2-5,8-11H2,1H3,(H,27,28,29). The normalized spacial score (nSPS) is 14.2. The van der Waals surface area contributed by atoms with E-state index in [9.17, 15) is 4.39 Å². The van der Waals surface area contributed by atoms with Crippen LogP contribution in [0.1, 0.15) is 31.2 Å². The molecule has 0 aliphatic carbocycles. The molecule has 1 aliphatic rings. The lowest BCUT2D eigenvalue weighted by molar-refractivity contribution is 0.203. The quantitative estimate of drug-likeness (QED) is 0.516. The zero-order valence-corrected chi connectivity index (χ0v) is 18.1. The second-order valence-electron chi connectivity index (χ2n) is 7.78. The first kappa shape index (κ1) is 21.8. The third-order valence-electron chi connectivity index (χ3n) is 5.60. The number of halogens is 1. The fraction of sp³-hybridized carbons (Fsp3) is 0.375. The maximum atomic E-state index is 14.0. The van der Waals surface area contributed by atoms with E-state index in [1.165, 1.54) is 50.8 Å². The molecule has 0 amide bonds. The summed E-state index contributed by atoms with van der Waals surface area (Å²) in [6, 6.07) is 9.79. The molecule has 32 heavy (non-hydrogen) atoms. The Kier molecular flexibility index (Phi) is 6.97. The summed E-state index contributed by atoms with van der Waals surface area (Å²) in [4.78, 5) is 11.1. The minimum absolute atomic E-state index is 0.00755. The smallest absolute Gasteiger partial charge is 0.163 e. The summed E-state index contributed by atoms with van der Waals surface area (Å²) in [7, 11) is 1.59. The Hall–Kier alpha value is -3.44. The molecule has 0 radical (unpaired) electrons. The zero-order valence-electron chi connectivity index (χ0n) is 18.1. The van der Waals surface area contributed by atoms with Gasteiger partial charge in [0.05, 0.1) is 24.8 Å². The van der Waals surface area contributed by atoms with Crippen LogP contribution >= 0.6 is 0 Å². The Balaban J connectivity index is 1.49. The van der Waals surface area contributed by atoms with Crippen LogP contribution in [0.5, 0.6) is 11.5 Å². The van der Waals surface area contributed by atoms with Crippen molar-refractivity contribution in [3.63, 3.8) is 0 Å². The predicted molar refractivity (Wildman–Crippen MR) is 121 cm³/mol. The monoisotopic (exact) mass is 435 g/mol. The fourth-order valence-electron chi connectivity index (χ4n) is 3.91. The van der Waals surface area contributed by atoms with Crippen LogP contribution in [-0.4, -0.2) is 48.2 Å². The van der Waals surface area contributed by atoms with E-state index in [4.69, 9.17) is 14.7 Å². The van der Waals surface area contributed by atoms with Gasteiger partial charge in [0.2, 0.25) is 0 Å². The van der Waals surface area contributed by atoms with Crippen molar-refractivity contribution in [3.05, 3.63) is 48.0 Å². The van der Waals surface area contributed by atoms with Crippen molar-refractivity contribution in [2.75, 3.05) is 38.7 Å². The second-order valence-corrected chi connectivity index (χ2v) is 7.78. The number of benzene rings is 2. The molecule has 2 heterocycles. The van der Waals surface area contributed by atoms with Crippen LogP contribution in [0.15, 0.2) is 36.7 Å². The number of ether oxygens (including phenoxy) is 2. The van der Waals surface area contributed by atoms with Crippen molar-refractivity contribution in [2.24, 2.45) is 0 Å². The van der Waals surface area contributed by atoms with Crippen molar-refractivity contribution < 1.29 is 13.9 Å². The zero-order chi connectivity index (χ0) is 22.3. The topological polar surface area (TPSA) is 83.3 Å². The lowest BCUT2D eigenvalue weighted by Gasteiger charge is -2.26. The summed E-state index contributed by atoms with van der Waals surface area (Å²) in [6.45, 7) is 3.98. The number of nitrogens with one attached hydrogen (secondary N) is 1. The number of hydrogen-bond donors (Lipinski definition) is 1. The highest BCUT2D eigenvalue weighted by atomic mass is 19.1. The van der Waals surface area contributed by atoms with Gasteiger partial charge in [0.1, 0.15) is 24.0 Å². The SMILES string of the molecule is COc1cc2c(Nc3ccc(C#N)c(F)c3)ncnc2cc1OCCCN1CCCCC1. The molecule has 0 saturated carbocycles. The number of nitriles is 1. The molecule has 1 fully saturated rings. The van der Waals surface area contributed by atoms with Crippen LogP contribution in [0, 0.1) is 17.1 Å². The van der Waals surface area contributed by atoms with Gasteiger partial charge >= 0.3 is 0 Å². The molecule has 1 aliphatic heterocycles. The van der Waals surface area contributed by atoms with Gasteiger partial charge in [-0.05, 0) is 56.6 Å². The number of aromatic nitrogens is 2. The van der Waals surface area contributed by atoms with Crippen molar-refractivity contribution in [2.45, 2.75) is 25.7 Å². The van der Waals surface area contributed by atoms with Crippen LogP contribution in [0.25, 0.3) is 10.9 Å². The van der Waals surface area contributed by atoms with E-state index >= 15 is 0 Å². The first-order valence-corrected chi connectivity index (χ1v) is 10.8. The van der Waals surface area contributed by atoms with Gasteiger partial charge in [0.15, 0.2) is 11.5 Å². The van der Waals surface area contributed by atoms with E-state index in [2.05, 4.69) is 20.2 Å². The number of likely N-dealkylation sites (tertiary alicyclic amines) is 1. The highest BCUT2D eigenvalue weighted by Crippen LogP contribution is 2.35. The van der Waals surface area contributed by atoms with Gasteiger partial charge in [-0.2, -0.15) is 5.26 Å². The van der Waals surface area contributed by atoms with Gasteiger partial charge in [-0.3, -0.25) is 0 Å². The van der Waals surface area contributed by atoms with Gasteiger partial charge in [0.25, 0.3) is 0 Å². The molecule has 0 bridgehead atoms. The minimum Gasteiger partial charge on any atom is -0.493 e. The van der Waals surface area contributed by atoms with Crippen molar-refractivity contribution >= 4 is 22.4 Å². The number of piperidine rings is 1. The van der Waals surface area contributed by atoms with E-state index in [0.29, 0.717) is 35.1 Å². The molecule has 7 nitrogen and oxygen atoms in total. The number of anilines is 2. The Bertz CT molecular complexity index is 1130. The summed E-state index contributed by atoms with van der Waals surface area (Å²) in [6.07, 6.45) is 6.29. The summed E-state index contributed by atoms with van der Waals surface area (Å²) in [5.41, 5.74) is 1.16. The Morgan fingerprint density at radius 3 is 2.72 bits per heavy atom. The van der Waals surface area contributed by atoms with E-state index in [1.54, 1.807) is 13.2 Å². The van der Waals surface area contributed by atoms with Gasteiger partial charge in [-0.1, -0.05) is 6.42 Å². The predicted octanol–water partition coefficient (Wildman–Crippen LogP) is 4.65. The van der Waals surface area contributed by atoms with Gasteiger partial charge in [-0.15, -0.1) is 0 Å². The van der Waals surface area contributed by atoms with Crippen LogP contribution in [0.2, 0.25) is 0 Å². The lowest BCUT2D eigenvalue weighted by atomic mass is 10.1. The van der Waals surface area contributed by atoms with Crippen LogP contribution in [0.4, 0.5) is 15.9 Å². The number of nitrogens with zero attached hydrogens (tertiary/aromatic N) is 4. The summed E-state index contributed by atoms with van der Waals surface area (Å²) < 4.78 is 25.5. The van der Waals surface area contributed by atoms with Crippen LogP contribution in [0.3, 0.4) is 0 Å². The van der Waals surface area contributed by atoms with Crippen LogP contribution in [-0.2, 0) is 0 Å². The van der Waals surface area contributed by atoms with Crippen molar-refractivity contribution in [3.8, 4) is 17.6 Å². The fourth-order valence-corrected chi connectivity index (χ4v) is 3.91. The number of rotatable bonds is 8. The van der Waals surface area contributed by atoms with E-state index in [-0.39, 0.29) is 5.56 Å². The third-order valence-corrected chi connectivity index (χ3v) is 5.60. The minimum atomic E-state index is -0.589. The number of methoxy groups -OCH3 is 1. The van der Waals surface area contributed by atoms with Gasteiger partial charge < -0.3 is 19.7 Å². The molecule has 0 atom stereocenters. The molecule has 4 rings (SSSR count). The number of hydrogen-bond acceptors (Lipinski definition) is 7. The van der Waals surface area contributed by atoms with E-state index in [1.807, 2.05) is 18.2 Å². The molecule has 2 aromatic carbocycles. The first-order chi connectivity index (χ1) is 15.7. The van der Waals surface area contributed by atoms with Gasteiger partial charge in [0, 0.05) is 23.7 Å². The number of fused-ring (bicyclic) bond motifs is 1. The molecule has 1 aromatic heterocycles. The second kappa shape index (κ2) is 10.2. The van der Waals surface area contributed by atoms with Crippen molar-refractivity contribution in [1.29, 1.82) is 5.26 Å². The lowest BCUT2D eigenvalue weighted by Crippen LogP contribution is -2.31. The Morgan fingerprint density at radius 2 is 1.97 bits per heavy atom. The molecule has 1 N–H and O–H groups in total. The van der Waals surface area contributed by atoms with Gasteiger partial charge in [-0.25, -0.2) is 14.4 Å². The molecule has 0 unspecified atom stereocenters. The van der Waals surface area contributed by atoms with E-state index in [0.717, 1.165) is 18.4 Å². The maximum Gasteiger partial charge on any atom is 0.163 e. The Labute approximate surface area is 186 Å². The largest absolute Gasteiger partial charge is 0.493 e. The third kappa shape index (κ3) is 5.06. The molecule has 8 heteroatoms. The summed E-state index contributed by atoms with van der Waals surface area (Å²) in [5.74, 6) is 1.13. The average molecular weight is 436 g/mol. The summed E-state index contributed by atoms with van der Waals surface area (Å²) in [5, 5.41) is 12.7. The molecule has 3 aromatic rings. The molecule has 166 valence electrons. The first-order valence-electron chi connectivity index (χ1n) is 10.8. The highest BCUT2D eigenvalue weighted by Gasteiger charge is 2.14. The van der Waals surface area contributed by atoms with E-state index < -0.39 is 5.82 Å². The molecule has 0 spiro atoms. The summed E-state index contributed by atoms with van der Waals surface area (Å²) >= 11 is 0. The molecular formula is C24H26FN5O2. The van der Waals surface area contributed by atoms with Crippen molar-refractivity contribution in [1.82, 2.24) is 14.9 Å². The highest BCUT2D eigenvalue weighted by molar-refractivity contribution is 5.93.